The number of ether oxygens (including phenoxy) is 2. The lowest BCUT2D eigenvalue weighted by Gasteiger charge is -2.20. The molecule has 0 amide bonds. The fourth-order valence-corrected chi connectivity index (χ4v) is 3.01. The molecule has 11 nitrogen and oxygen atoms in total. The first-order chi connectivity index (χ1) is 17.1. The summed E-state index contributed by atoms with van der Waals surface area (Å²) in [7, 11) is 0. The largest absolute Gasteiger partial charge is 0.504 e. The number of nitrogens with zero attached hydrogens (tertiary/aromatic N) is 1. The number of aromatic hydroxyl groups is 2. The third-order valence-corrected chi connectivity index (χ3v) is 4.71. The second-order valence-corrected chi connectivity index (χ2v) is 7.18. The van der Waals surface area contributed by atoms with Crippen LogP contribution in [0, 0.1) is 5.82 Å². The molecule has 1 heterocycles. The zero-order valence-corrected chi connectivity index (χ0v) is 18.1. The average Bonchev–Trinajstić information content (AvgIpc) is 3.32. The molecule has 0 radical (unpaired) electrons. The summed E-state index contributed by atoms with van der Waals surface area (Å²) < 4.78 is 24.1. The second kappa shape index (κ2) is 10.9. The molecule has 3 rings (SSSR count). The normalized spacial score (nSPS) is 12.6. The first-order valence-corrected chi connectivity index (χ1v) is 10.1. The highest BCUT2D eigenvalue weighted by Gasteiger charge is 2.40. The van der Waals surface area contributed by atoms with E-state index in [-0.39, 0.29) is 11.3 Å². The Balaban J connectivity index is 1.78. The average molecular weight is 499 g/mol. The van der Waals surface area contributed by atoms with Crippen LogP contribution in [0.1, 0.15) is 16.1 Å². The van der Waals surface area contributed by atoms with Crippen molar-refractivity contribution in [2.24, 2.45) is 0 Å². The minimum atomic E-state index is -2.42. The number of phenols is 2. The summed E-state index contributed by atoms with van der Waals surface area (Å²) in [6, 6.07) is 11.2. The number of carboxylic acid groups (broad SMARTS) is 2. The Labute approximate surface area is 201 Å². The molecule has 0 saturated carbocycles. The molecule has 0 unspecified atom stereocenters. The van der Waals surface area contributed by atoms with Gasteiger partial charge in [0, 0.05) is 18.0 Å². The smallest absolute Gasteiger partial charge is 0.356 e. The van der Waals surface area contributed by atoms with Crippen LogP contribution in [-0.2, 0) is 23.9 Å². The highest BCUT2D eigenvalue weighted by atomic mass is 19.1. The Bertz CT molecular complexity index is 1330. The lowest BCUT2D eigenvalue weighted by Crippen LogP contribution is -2.45. The van der Waals surface area contributed by atoms with E-state index in [0.717, 1.165) is 36.4 Å². The van der Waals surface area contributed by atoms with Crippen molar-refractivity contribution in [2.75, 3.05) is 0 Å². The lowest BCUT2D eigenvalue weighted by atomic mass is 10.2. The summed E-state index contributed by atoms with van der Waals surface area (Å²) in [5, 5.41) is 37.7. The third-order valence-electron chi connectivity index (χ3n) is 4.71. The van der Waals surface area contributed by atoms with Gasteiger partial charge < -0.3 is 34.5 Å². The van der Waals surface area contributed by atoms with E-state index in [1.807, 2.05) is 0 Å². The van der Waals surface area contributed by atoms with Crippen LogP contribution in [0.25, 0.3) is 11.8 Å². The van der Waals surface area contributed by atoms with Gasteiger partial charge in [0.05, 0.1) is 0 Å². The highest BCUT2D eigenvalue weighted by molar-refractivity contribution is 5.94. The Kier molecular flexibility index (Phi) is 7.69. The third kappa shape index (κ3) is 6.05. The van der Waals surface area contributed by atoms with Gasteiger partial charge in [0.2, 0.25) is 12.2 Å². The summed E-state index contributed by atoms with van der Waals surface area (Å²) in [5.41, 5.74) is 0.374. The molecular weight excluding hydrogens is 481 g/mol. The van der Waals surface area contributed by atoms with E-state index in [9.17, 15) is 44.0 Å². The van der Waals surface area contributed by atoms with Crippen LogP contribution < -0.4 is 0 Å². The number of carbonyl (C=O) groups excluding carboxylic acids is 2. The van der Waals surface area contributed by atoms with Crippen LogP contribution in [-0.4, -0.2) is 61.1 Å². The maximum absolute atomic E-state index is 13.2. The lowest BCUT2D eigenvalue weighted by molar-refractivity contribution is -0.176. The van der Waals surface area contributed by atoms with Gasteiger partial charge in [0.1, 0.15) is 11.5 Å². The summed E-state index contributed by atoms with van der Waals surface area (Å²) in [4.78, 5) is 48.2. The van der Waals surface area contributed by atoms with Gasteiger partial charge in [0.25, 0.3) is 0 Å². The number of halogens is 1. The van der Waals surface area contributed by atoms with Crippen LogP contribution in [0.15, 0.2) is 66.9 Å². The molecule has 2 atom stereocenters. The van der Waals surface area contributed by atoms with Crippen LogP contribution in [0.2, 0.25) is 0 Å². The fraction of sp³-hybridized carbons (Fsp3) is 0.0833. The Morgan fingerprint density at radius 2 is 1.50 bits per heavy atom. The monoisotopic (exact) mass is 499 g/mol. The number of hydrogen-bond donors (Lipinski definition) is 4. The molecule has 4 N–H and O–H groups in total. The zero-order chi connectivity index (χ0) is 26.4. The number of hydrogen-bond acceptors (Lipinski definition) is 8. The Hall–Kier alpha value is -5.13. The molecule has 3 aromatic rings. The molecule has 0 aliphatic rings. The van der Waals surface area contributed by atoms with E-state index < -0.39 is 53.4 Å². The summed E-state index contributed by atoms with van der Waals surface area (Å²) in [5.74, 6) is -7.72. The molecule has 0 aliphatic heterocycles. The van der Waals surface area contributed by atoms with Crippen molar-refractivity contribution < 1.29 is 53.5 Å². The van der Waals surface area contributed by atoms with E-state index in [0.29, 0.717) is 5.69 Å². The van der Waals surface area contributed by atoms with Crippen molar-refractivity contribution >= 4 is 30.0 Å². The molecule has 0 bridgehead atoms. The van der Waals surface area contributed by atoms with Crippen molar-refractivity contribution in [3.05, 3.63) is 83.9 Å². The molecule has 12 heteroatoms. The van der Waals surface area contributed by atoms with E-state index in [4.69, 9.17) is 9.47 Å². The standard InChI is InChI=1S/C24H18FNO10/c25-14-5-7-15(8-6-14)26-11-1-2-16(26)24(34)36-21(23(32)33)20(22(30)31)35-19(29)10-4-13-3-9-17(27)18(28)12-13/h1-12,20-21,27-28H,(H,30,31)(H,32,33)/b10-4+/t20-,21-/m1/s1. The predicted molar refractivity (Wildman–Crippen MR) is 119 cm³/mol. The van der Waals surface area contributed by atoms with Gasteiger partial charge in [-0.25, -0.2) is 23.6 Å². The number of phenolic OH excluding ortho intramolecular Hbond substituents is 2. The first-order valence-electron chi connectivity index (χ1n) is 10.1. The highest BCUT2D eigenvalue weighted by Crippen LogP contribution is 2.25. The molecular formula is C24H18FNO10. The number of esters is 2. The van der Waals surface area contributed by atoms with Gasteiger partial charge in [-0.3, -0.25) is 0 Å². The molecule has 186 valence electrons. The van der Waals surface area contributed by atoms with Crippen LogP contribution in [0.3, 0.4) is 0 Å². The van der Waals surface area contributed by atoms with E-state index in [1.165, 1.54) is 41.1 Å². The Morgan fingerprint density at radius 3 is 2.11 bits per heavy atom. The second-order valence-electron chi connectivity index (χ2n) is 7.18. The van der Waals surface area contributed by atoms with Gasteiger partial charge in [-0.1, -0.05) is 6.07 Å². The van der Waals surface area contributed by atoms with Crippen LogP contribution in [0.4, 0.5) is 4.39 Å². The topological polar surface area (TPSA) is 173 Å². The summed E-state index contributed by atoms with van der Waals surface area (Å²) >= 11 is 0. The maximum Gasteiger partial charge on any atom is 0.356 e. The summed E-state index contributed by atoms with van der Waals surface area (Å²) in [6.45, 7) is 0. The zero-order valence-electron chi connectivity index (χ0n) is 18.1. The Morgan fingerprint density at radius 1 is 0.861 bits per heavy atom. The fourth-order valence-electron chi connectivity index (χ4n) is 3.01. The maximum atomic E-state index is 13.2. The number of carboxylic acids is 2. The first kappa shape index (κ1) is 25.5. The van der Waals surface area contributed by atoms with Gasteiger partial charge in [-0.05, 0) is 60.2 Å². The molecule has 36 heavy (non-hydrogen) atoms. The van der Waals surface area contributed by atoms with Crippen LogP contribution in [0.5, 0.6) is 11.5 Å². The van der Waals surface area contributed by atoms with Gasteiger partial charge >= 0.3 is 23.9 Å². The van der Waals surface area contributed by atoms with E-state index >= 15 is 0 Å². The molecule has 1 aromatic heterocycles. The number of rotatable bonds is 9. The van der Waals surface area contributed by atoms with Crippen molar-refractivity contribution in [1.82, 2.24) is 4.57 Å². The van der Waals surface area contributed by atoms with Crippen molar-refractivity contribution in [2.45, 2.75) is 12.2 Å². The minimum absolute atomic E-state index is 0.199. The SMILES string of the molecule is O=C(/C=C/c1ccc(O)c(O)c1)O[C@@H](C(=O)O)[C@@H](OC(=O)c1cccn1-c1ccc(F)cc1)C(=O)O. The van der Waals surface area contributed by atoms with E-state index in [1.54, 1.807) is 0 Å². The van der Waals surface area contributed by atoms with Crippen molar-refractivity contribution in [1.29, 1.82) is 0 Å². The number of aliphatic carboxylic acids is 2. The molecule has 0 fully saturated rings. The number of aromatic nitrogens is 1. The van der Waals surface area contributed by atoms with Gasteiger partial charge in [-0.2, -0.15) is 0 Å². The van der Waals surface area contributed by atoms with Gasteiger partial charge in [-0.15, -0.1) is 0 Å². The van der Waals surface area contributed by atoms with Crippen molar-refractivity contribution in [3.63, 3.8) is 0 Å². The minimum Gasteiger partial charge on any atom is -0.504 e. The molecule has 0 saturated heterocycles. The van der Waals surface area contributed by atoms with E-state index in [2.05, 4.69) is 0 Å². The molecule has 0 spiro atoms. The predicted octanol–water partition coefficient (Wildman–Crippen LogP) is 2.35. The van der Waals surface area contributed by atoms with Gasteiger partial charge in [0.15, 0.2) is 11.5 Å². The quantitative estimate of drug-likeness (QED) is 0.194. The molecule has 0 aliphatic carbocycles. The molecule has 2 aromatic carbocycles. The van der Waals surface area contributed by atoms with Crippen LogP contribution >= 0.6 is 0 Å². The number of carbonyl (C=O) groups is 4. The summed E-state index contributed by atoms with van der Waals surface area (Å²) in [6.07, 6.45) is -1.55. The number of benzene rings is 2. The van der Waals surface area contributed by atoms with Crippen molar-refractivity contribution in [3.8, 4) is 17.2 Å².